The molecule has 5 nitrogen and oxygen atoms in total. The number of anilines is 3. The monoisotopic (exact) mass is 451 g/mol. The molecular formula is C23H22BrN3O2. The Balaban J connectivity index is 1.42. The van der Waals surface area contributed by atoms with Crippen LogP contribution in [0.5, 0.6) is 0 Å². The third kappa shape index (κ3) is 7.08. The summed E-state index contributed by atoms with van der Waals surface area (Å²) in [6, 6.07) is 24.7. The molecular weight excluding hydrogens is 430 g/mol. The third-order valence-electron chi connectivity index (χ3n) is 4.21. The molecule has 0 heterocycles. The molecule has 148 valence electrons. The van der Waals surface area contributed by atoms with E-state index < -0.39 is 0 Å². The first-order valence-corrected chi connectivity index (χ1v) is 10.1. The minimum absolute atomic E-state index is 0.0250. The second-order valence-corrected chi connectivity index (χ2v) is 7.44. The highest BCUT2D eigenvalue weighted by molar-refractivity contribution is 9.10. The largest absolute Gasteiger partial charge is 0.376 e. The minimum Gasteiger partial charge on any atom is -0.376 e. The van der Waals surface area contributed by atoms with Crippen LogP contribution in [-0.4, -0.2) is 18.4 Å². The van der Waals surface area contributed by atoms with Crippen LogP contribution in [0.4, 0.5) is 17.1 Å². The second kappa shape index (κ2) is 10.4. The molecule has 6 heteroatoms. The lowest BCUT2D eigenvalue weighted by molar-refractivity contribution is -0.116. The number of halogens is 1. The maximum Gasteiger partial charge on any atom is 0.243 e. The fourth-order valence-corrected chi connectivity index (χ4v) is 3.15. The Hall–Kier alpha value is -3.12. The quantitative estimate of drug-likeness (QED) is 0.447. The maximum atomic E-state index is 12.1. The van der Waals surface area contributed by atoms with Crippen LogP contribution in [-0.2, 0) is 16.0 Å². The molecule has 2 amide bonds. The zero-order valence-corrected chi connectivity index (χ0v) is 17.4. The van der Waals surface area contributed by atoms with Gasteiger partial charge in [0.05, 0.1) is 6.54 Å². The fourth-order valence-electron chi connectivity index (χ4n) is 2.75. The van der Waals surface area contributed by atoms with E-state index in [9.17, 15) is 9.59 Å². The molecule has 0 radical (unpaired) electrons. The second-order valence-electron chi connectivity index (χ2n) is 6.52. The maximum absolute atomic E-state index is 12.1. The molecule has 3 N–H and O–H groups in total. The Kier molecular flexibility index (Phi) is 7.41. The van der Waals surface area contributed by atoms with Gasteiger partial charge < -0.3 is 16.0 Å². The summed E-state index contributed by atoms with van der Waals surface area (Å²) in [5.41, 5.74) is 3.41. The zero-order chi connectivity index (χ0) is 20.5. The molecule has 3 aromatic carbocycles. The van der Waals surface area contributed by atoms with Gasteiger partial charge in [-0.05, 0) is 54.4 Å². The highest BCUT2D eigenvalue weighted by Gasteiger charge is 2.05. The summed E-state index contributed by atoms with van der Waals surface area (Å²) in [5.74, 6) is -0.163. The summed E-state index contributed by atoms with van der Waals surface area (Å²) in [6.07, 6.45) is 1.14. The standard InChI is InChI=1S/C23H22BrN3O2/c24-18-7-4-8-21(15-18)27-23(29)16-25-19-10-12-20(13-11-19)26-22(28)14-9-17-5-2-1-3-6-17/h1-8,10-13,15,25H,9,14,16H2,(H,26,28)(H,27,29). The first-order valence-electron chi connectivity index (χ1n) is 9.31. The normalized spacial score (nSPS) is 10.2. The van der Waals surface area contributed by atoms with Crippen LogP contribution in [0, 0.1) is 0 Å². The van der Waals surface area contributed by atoms with Crippen molar-refractivity contribution in [1.82, 2.24) is 0 Å². The number of carbonyl (C=O) groups is 2. The van der Waals surface area contributed by atoms with Gasteiger partial charge >= 0.3 is 0 Å². The van der Waals surface area contributed by atoms with Gasteiger partial charge in [-0.1, -0.05) is 52.3 Å². The Morgan fingerprint density at radius 3 is 2.14 bits per heavy atom. The van der Waals surface area contributed by atoms with Gasteiger partial charge in [0, 0.05) is 28.0 Å². The Morgan fingerprint density at radius 1 is 0.724 bits per heavy atom. The van der Waals surface area contributed by atoms with E-state index in [1.54, 1.807) is 0 Å². The number of amides is 2. The number of carbonyl (C=O) groups excluding carboxylic acids is 2. The van der Waals surface area contributed by atoms with Gasteiger partial charge in [0.2, 0.25) is 11.8 Å². The molecule has 0 aliphatic carbocycles. The summed E-state index contributed by atoms with van der Waals surface area (Å²) in [5, 5.41) is 8.79. The molecule has 0 aliphatic heterocycles. The third-order valence-corrected chi connectivity index (χ3v) is 4.71. The van der Waals surface area contributed by atoms with Gasteiger partial charge in [0.25, 0.3) is 0 Å². The molecule has 0 unspecified atom stereocenters. The van der Waals surface area contributed by atoms with Gasteiger partial charge in [-0.2, -0.15) is 0 Å². The summed E-state index contributed by atoms with van der Waals surface area (Å²) < 4.78 is 0.907. The van der Waals surface area contributed by atoms with E-state index in [0.29, 0.717) is 12.8 Å². The summed E-state index contributed by atoms with van der Waals surface area (Å²) >= 11 is 3.38. The van der Waals surface area contributed by atoms with Crippen molar-refractivity contribution in [3.63, 3.8) is 0 Å². The van der Waals surface area contributed by atoms with Gasteiger partial charge in [0.1, 0.15) is 0 Å². The van der Waals surface area contributed by atoms with Gasteiger partial charge in [-0.3, -0.25) is 9.59 Å². The first kappa shape index (κ1) is 20.6. The lowest BCUT2D eigenvalue weighted by Gasteiger charge is -2.10. The highest BCUT2D eigenvalue weighted by Crippen LogP contribution is 2.16. The molecule has 0 atom stereocenters. The van der Waals surface area contributed by atoms with E-state index in [0.717, 1.165) is 27.1 Å². The van der Waals surface area contributed by atoms with Crippen LogP contribution in [0.15, 0.2) is 83.3 Å². The molecule has 29 heavy (non-hydrogen) atoms. The number of benzene rings is 3. The molecule has 3 rings (SSSR count). The smallest absolute Gasteiger partial charge is 0.243 e. The number of nitrogens with one attached hydrogen (secondary N) is 3. The van der Waals surface area contributed by atoms with Gasteiger partial charge in [-0.15, -0.1) is 0 Å². The Bertz CT molecular complexity index is 959. The van der Waals surface area contributed by atoms with Crippen LogP contribution >= 0.6 is 15.9 Å². The average Bonchev–Trinajstić information content (AvgIpc) is 2.72. The molecule has 0 bridgehead atoms. The van der Waals surface area contributed by atoms with Crippen molar-refractivity contribution in [1.29, 1.82) is 0 Å². The lowest BCUT2D eigenvalue weighted by Crippen LogP contribution is -2.21. The fraction of sp³-hybridized carbons (Fsp3) is 0.130. The molecule has 0 aliphatic rings. The molecule has 3 aromatic rings. The summed E-state index contributed by atoms with van der Waals surface area (Å²) in [4.78, 5) is 24.2. The number of rotatable bonds is 8. The van der Waals surface area contributed by atoms with Crippen molar-refractivity contribution in [2.24, 2.45) is 0 Å². The van der Waals surface area contributed by atoms with Crippen molar-refractivity contribution in [2.75, 3.05) is 22.5 Å². The molecule has 0 spiro atoms. The van der Waals surface area contributed by atoms with E-state index >= 15 is 0 Å². The van der Waals surface area contributed by atoms with E-state index in [-0.39, 0.29) is 18.4 Å². The number of hydrogen-bond acceptors (Lipinski definition) is 3. The average molecular weight is 452 g/mol. The van der Waals surface area contributed by atoms with E-state index in [1.165, 1.54) is 0 Å². The Morgan fingerprint density at radius 2 is 1.41 bits per heavy atom. The predicted molar refractivity (Wildman–Crippen MR) is 121 cm³/mol. The van der Waals surface area contributed by atoms with E-state index in [4.69, 9.17) is 0 Å². The van der Waals surface area contributed by atoms with Crippen molar-refractivity contribution >= 4 is 44.8 Å². The van der Waals surface area contributed by atoms with E-state index in [1.807, 2.05) is 78.9 Å². The molecule has 0 saturated carbocycles. The number of aryl methyl sites for hydroxylation is 1. The molecule has 0 aromatic heterocycles. The summed E-state index contributed by atoms with van der Waals surface area (Å²) in [7, 11) is 0. The molecule has 0 saturated heterocycles. The van der Waals surface area contributed by atoms with Crippen molar-refractivity contribution < 1.29 is 9.59 Å². The van der Waals surface area contributed by atoms with Crippen molar-refractivity contribution in [3.8, 4) is 0 Å². The van der Waals surface area contributed by atoms with Crippen LogP contribution < -0.4 is 16.0 Å². The highest BCUT2D eigenvalue weighted by atomic mass is 79.9. The van der Waals surface area contributed by atoms with Crippen LogP contribution in [0.3, 0.4) is 0 Å². The first-order chi connectivity index (χ1) is 14.1. The minimum atomic E-state index is -0.138. The molecule has 0 fully saturated rings. The topological polar surface area (TPSA) is 70.2 Å². The van der Waals surface area contributed by atoms with Crippen molar-refractivity contribution in [3.05, 3.63) is 88.9 Å². The van der Waals surface area contributed by atoms with Crippen LogP contribution in [0.2, 0.25) is 0 Å². The van der Waals surface area contributed by atoms with Crippen LogP contribution in [0.25, 0.3) is 0 Å². The number of hydrogen-bond donors (Lipinski definition) is 3. The van der Waals surface area contributed by atoms with E-state index in [2.05, 4.69) is 31.9 Å². The van der Waals surface area contributed by atoms with Crippen molar-refractivity contribution in [2.45, 2.75) is 12.8 Å². The zero-order valence-electron chi connectivity index (χ0n) is 15.8. The Labute approximate surface area is 178 Å². The summed E-state index contributed by atoms with van der Waals surface area (Å²) in [6.45, 7) is 0.148. The SMILES string of the molecule is O=C(CCc1ccccc1)Nc1ccc(NCC(=O)Nc2cccc(Br)c2)cc1. The predicted octanol–water partition coefficient (Wildman–Crippen LogP) is 5.07. The van der Waals surface area contributed by atoms with Crippen LogP contribution in [0.1, 0.15) is 12.0 Å². The van der Waals surface area contributed by atoms with Gasteiger partial charge in [-0.25, -0.2) is 0 Å². The van der Waals surface area contributed by atoms with Gasteiger partial charge in [0.15, 0.2) is 0 Å². The lowest BCUT2D eigenvalue weighted by atomic mass is 10.1.